The van der Waals surface area contributed by atoms with Gasteiger partial charge in [0.05, 0.1) is 5.56 Å². The van der Waals surface area contributed by atoms with Gasteiger partial charge in [0.15, 0.2) is 0 Å². The van der Waals surface area contributed by atoms with Crippen molar-refractivity contribution in [3.63, 3.8) is 0 Å². The third kappa shape index (κ3) is 10.3. The predicted octanol–water partition coefficient (Wildman–Crippen LogP) is 4.75. The number of hydrogen-bond donors (Lipinski definition) is 1. The van der Waals surface area contributed by atoms with Crippen LogP contribution in [-0.4, -0.2) is 11.1 Å². The monoisotopic (exact) mass is 325 g/mol. The fourth-order valence-corrected chi connectivity index (χ4v) is 1.81. The molecule has 0 atom stereocenters. The number of nitriles is 1. The van der Waals surface area contributed by atoms with Crippen molar-refractivity contribution in [1.82, 2.24) is 0 Å². The van der Waals surface area contributed by atoms with Crippen LogP contribution in [0.4, 0.5) is 0 Å². The lowest BCUT2D eigenvalue weighted by Gasteiger charge is -1.95. The molecule has 4 heteroatoms. The van der Waals surface area contributed by atoms with Crippen molar-refractivity contribution >= 4 is 21.9 Å². The molecule has 0 radical (unpaired) electrons. The molecular formula is C15H20BrNO2. The Hall–Kier alpha value is -1.34. The van der Waals surface area contributed by atoms with Gasteiger partial charge in [-0.2, -0.15) is 5.26 Å². The Bertz CT molecular complexity index is 413. The number of carboxylic acid groups (broad SMARTS) is 1. The number of nitrogens with zero attached hydrogens (tertiary/aromatic N) is 1. The molecule has 0 aliphatic rings. The molecule has 1 aromatic carbocycles. The largest absolute Gasteiger partial charge is 0.481 e. The van der Waals surface area contributed by atoms with Crippen LogP contribution in [-0.2, 0) is 4.79 Å². The van der Waals surface area contributed by atoms with E-state index in [2.05, 4.69) is 22.9 Å². The number of carbonyl (C=O) groups is 1. The lowest BCUT2D eigenvalue weighted by molar-refractivity contribution is -0.137. The Kier molecular flexibility index (Phi) is 10.9. The van der Waals surface area contributed by atoms with Crippen LogP contribution in [0, 0.1) is 11.3 Å². The highest BCUT2D eigenvalue weighted by Gasteiger charge is 1.94. The fraction of sp³-hybridized carbons (Fsp3) is 0.467. The number of benzene rings is 1. The van der Waals surface area contributed by atoms with Crippen LogP contribution < -0.4 is 0 Å². The van der Waals surface area contributed by atoms with Gasteiger partial charge in [0.2, 0.25) is 0 Å². The average molecular weight is 326 g/mol. The van der Waals surface area contributed by atoms with Gasteiger partial charge in [-0.05, 0) is 34.5 Å². The van der Waals surface area contributed by atoms with E-state index in [1.54, 1.807) is 6.07 Å². The second-order valence-corrected chi connectivity index (χ2v) is 5.00. The molecule has 0 bridgehead atoms. The van der Waals surface area contributed by atoms with Gasteiger partial charge in [-0.3, -0.25) is 4.79 Å². The Balaban J connectivity index is 0.000000342. The molecule has 0 fully saturated rings. The topological polar surface area (TPSA) is 61.1 Å². The third-order valence-corrected chi connectivity index (χ3v) is 3.18. The molecule has 0 aromatic heterocycles. The van der Waals surface area contributed by atoms with E-state index in [0.717, 1.165) is 17.3 Å². The summed E-state index contributed by atoms with van der Waals surface area (Å²) < 4.78 is 0.854. The first-order chi connectivity index (χ1) is 9.11. The molecule has 0 saturated carbocycles. The number of rotatable bonds is 6. The van der Waals surface area contributed by atoms with E-state index in [4.69, 9.17) is 10.4 Å². The summed E-state index contributed by atoms with van der Waals surface area (Å²) in [4.78, 5) is 10.0. The first-order valence-electron chi connectivity index (χ1n) is 6.48. The minimum absolute atomic E-state index is 0.337. The molecule has 0 heterocycles. The van der Waals surface area contributed by atoms with Crippen LogP contribution >= 0.6 is 15.9 Å². The van der Waals surface area contributed by atoms with Crippen LogP contribution in [0.1, 0.15) is 51.0 Å². The number of carboxylic acids is 1. The van der Waals surface area contributed by atoms with Gasteiger partial charge in [-0.1, -0.05) is 44.7 Å². The minimum Gasteiger partial charge on any atom is -0.481 e. The maximum atomic E-state index is 10.0. The van der Waals surface area contributed by atoms with Gasteiger partial charge in [0, 0.05) is 10.9 Å². The molecule has 19 heavy (non-hydrogen) atoms. The summed E-state index contributed by atoms with van der Waals surface area (Å²) in [6, 6.07) is 9.38. The minimum atomic E-state index is -0.670. The first kappa shape index (κ1) is 17.7. The Morgan fingerprint density at radius 2 is 1.89 bits per heavy atom. The van der Waals surface area contributed by atoms with E-state index in [-0.39, 0.29) is 0 Å². The van der Waals surface area contributed by atoms with Crippen molar-refractivity contribution in [2.24, 2.45) is 0 Å². The van der Waals surface area contributed by atoms with Gasteiger partial charge < -0.3 is 5.11 Å². The summed E-state index contributed by atoms with van der Waals surface area (Å²) in [6.45, 7) is 2.15. The van der Waals surface area contributed by atoms with Crippen LogP contribution in [0.3, 0.4) is 0 Å². The SMILES string of the molecule is CCCCCCCC(=O)O.N#Cc1ccccc1Br. The van der Waals surface area contributed by atoms with Crippen LogP contribution in [0.25, 0.3) is 0 Å². The highest BCUT2D eigenvalue weighted by molar-refractivity contribution is 9.10. The van der Waals surface area contributed by atoms with Crippen molar-refractivity contribution in [2.45, 2.75) is 45.4 Å². The van der Waals surface area contributed by atoms with Gasteiger partial charge in [0.25, 0.3) is 0 Å². The van der Waals surface area contributed by atoms with Gasteiger partial charge in [0.1, 0.15) is 6.07 Å². The summed E-state index contributed by atoms with van der Waals surface area (Å²) in [5.74, 6) is -0.670. The number of aliphatic carboxylic acids is 1. The lowest BCUT2D eigenvalue weighted by atomic mass is 10.1. The molecular weight excluding hydrogens is 306 g/mol. The highest BCUT2D eigenvalue weighted by Crippen LogP contribution is 2.13. The fourth-order valence-electron chi connectivity index (χ4n) is 1.43. The van der Waals surface area contributed by atoms with Crippen LogP contribution in [0.15, 0.2) is 28.7 Å². The van der Waals surface area contributed by atoms with E-state index in [9.17, 15) is 4.79 Å². The summed E-state index contributed by atoms with van der Waals surface area (Å²) in [5, 5.41) is 16.7. The zero-order valence-electron chi connectivity index (χ0n) is 11.2. The van der Waals surface area contributed by atoms with Crippen LogP contribution in [0.5, 0.6) is 0 Å². The maximum Gasteiger partial charge on any atom is 0.303 e. The molecule has 1 rings (SSSR count). The van der Waals surface area contributed by atoms with E-state index in [1.165, 1.54) is 19.3 Å². The average Bonchev–Trinajstić information content (AvgIpc) is 2.39. The quantitative estimate of drug-likeness (QED) is 0.767. The van der Waals surface area contributed by atoms with Gasteiger partial charge >= 0.3 is 5.97 Å². The molecule has 1 N–H and O–H groups in total. The van der Waals surface area contributed by atoms with E-state index in [0.29, 0.717) is 12.0 Å². The lowest BCUT2D eigenvalue weighted by Crippen LogP contribution is -1.93. The van der Waals surface area contributed by atoms with Crippen molar-refractivity contribution in [3.05, 3.63) is 34.3 Å². The standard InChI is InChI=1S/C8H16O2.C7H4BrN/c1-2-3-4-5-6-7-8(9)10;8-7-4-2-1-3-6(7)5-9/h2-7H2,1H3,(H,9,10);1-4H. The van der Waals surface area contributed by atoms with Crippen molar-refractivity contribution in [2.75, 3.05) is 0 Å². The smallest absolute Gasteiger partial charge is 0.303 e. The Morgan fingerprint density at radius 3 is 2.37 bits per heavy atom. The molecule has 0 aliphatic heterocycles. The van der Waals surface area contributed by atoms with E-state index < -0.39 is 5.97 Å². The molecule has 3 nitrogen and oxygen atoms in total. The maximum absolute atomic E-state index is 10.0. The summed E-state index contributed by atoms with van der Waals surface area (Å²) in [7, 11) is 0. The van der Waals surface area contributed by atoms with Crippen molar-refractivity contribution in [3.8, 4) is 6.07 Å². The molecule has 0 spiro atoms. The third-order valence-electron chi connectivity index (χ3n) is 2.49. The number of halogens is 1. The zero-order valence-corrected chi connectivity index (χ0v) is 12.8. The molecule has 1 aromatic rings. The molecule has 0 aliphatic carbocycles. The molecule has 0 saturated heterocycles. The first-order valence-corrected chi connectivity index (χ1v) is 7.27. The second kappa shape index (κ2) is 11.7. The molecule has 104 valence electrons. The van der Waals surface area contributed by atoms with E-state index >= 15 is 0 Å². The summed E-state index contributed by atoms with van der Waals surface area (Å²) in [5.41, 5.74) is 0.678. The van der Waals surface area contributed by atoms with E-state index in [1.807, 2.05) is 24.3 Å². The predicted molar refractivity (Wildman–Crippen MR) is 79.9 cm³/mol. The molecule has 0 amide bonds. The Morgan fingerprint density at radius 1 is 1.26 bits per heavy atom. The van der Waals surface area contributed by atoms with Crippen molar-refractivity contribution < 1.29 is 9.90 Å². The van der Waals surface area contributed by atoms with Crippen LogP contribution in [0.2, 0.25) is 0 Å². The van der Waals surface area contributed by atoms with Gasteiger partial charge in [-0.15, -0.1) is 0 Å². The van der Waals surface area contributed by atoms with Crippen molar-refractivity contribution in [1.29, 1.82) is 5.26 Å². The Labute approximate surface area is 123 Å². The number of hydrogen-bond acceptors (Lipinski definition) is 2. The highest BCUT2D eigenvalue weighted by atomic mass is 79.9. The summed E-state index contributed by atoms with van der Waals surface area (Å²) >= 11 is 3.23. The van der Waals surface area contributed by atoms with Gasteiger partial charge in [-0.25, -0.2) is 0 Å². The normalized spacial score (nSPS) is 9.11. The molecule has 0 unspecified atom stereocenters. The number of unbranched alkanes of at least 4 members (excludes halogenated alkanes) is 4. The second-order valence-electron chi connectivity index (χ2n) is 4.15. The summed E-state index contributed by atoms with van der Waals surface area (Å²) in [6.07, 6.45) is 5.88. The zero-order chi connectivity index (χ0) is 14.5.